The van der Waals surface area contributed by atoms with Gasteiger partial charge in [-0.25, -0.2) is 9.79 Å². The molecule has 15 heavy (non-hydrogen) atoms. The maximum absolute atomic E-state index is 10.00. The molecule has 0 amide bonds. The molecule has 0 atom stereocenters. The Morgan fingerprint density at radius 2 is 2.07 bits per heavy atom. The van der Waals surface area contributed by atoms with E-state index in [1.54, 1.807) is 6.08 Å². The minimum Gasteiger partial charge on any atom is -0.211 e. The number of nitrogens with zero attached hydrogens (tertiary/aromatic N) is 1. The molecule has 80 valence electrons. The van der Waals surface area contributed by atoms with Crippen molar-refractivity contribution in [2.45, 2.75) is 32.7 Å². The van der Waals surface area contributed by atoms with E-state index in [0.717, 1.165) is 5.56 Å². The number of hydrogen-bond donors (Lipinski definition) is 0. The average Bonchev–Trinajstić information content (AvgIpc) is 2.12. The number of benzene rings is 1. The highest BCUT2D eigenvalue weighted by atomic mass is 127. The molecule has 0 aliphatic heterocycles. The molecule has 0 fully saturated rings. The minimum absolute atomic E-state index is 0.156. The van der Waals surface area contributed by atoms with E-state index in [1.807, 2.05) is 6.07 Å². The Morgan fingerprint density at radius 1 is 1.40 bits per heavy atom. The fraction of sp³-hybridized carbons (Fsp3) is 0.417. The van der Waals surface area contributed by atoms with Crippen LogP contribution in [0.15, 0.2) is 23.2 Å². The topological polar surface area (TPSA) is 29.4 Å². The van der Waals surface area contributed by atoms with Crippen LogP contribution in [-0.4, -0.2) is 6.08 Å². The lowest BCUT2D eigenvalue weighted by molar-refractivity contribution is 0.562. The van der Waals surface area contributed by atoms with Crippen molar-refractivity contribution in [3.8, 4) is 0 Å². The smallest absolute Gasteiger partial charge is 0.211 e. The lowest BCUT2D eigenvalue weighted by Crippen LogP contribution is -2.13. The third kappa shape index (κ3) is 3.43. The van der Waals surface area contributed by atoms with Gasteiger partial charge in [0, 0.05) is 3.57 Å². The second-order valence-corrected chi connectivity index (χ2v) is 5.63. The molecule has 0 aliphatic rings. The lowest BCUT2D eigenvalue weighted by Gasteiger charge is -2.21. The van der Waals surface area contributed by atoms with Crippen molar-refractivity contribution in [3.63, 3.8) is 0 Å². The summed E-state index contributed by atoms with van der Waals surface area (Å²) < 4.78 is 1.22. The van der Waals surface area contributed by atoms with Crippen molar-refractivity contribution < 1.29 is 4.79 Å². The Labute approximate surface area is 104 Å². The van der Waals surface area contributed by atoms with Crippen molar-refractivity contribution in [1.82, 2.24) is 0 Å². The first-order valence-electron chi connectivity index (χ1n) is 4.77. The van der Waals surface area contributed by atoms with E-state index < -0.39 is 0 Å². The summed E-state index contributed by atoms with van der Waals surface area (Å²) in [5.41, 5.74) is 2.53. The zero-order chi connectivity index (χ0) is 11.5. The maximum Gasteiger partial charge on any atom is 0.235 e. The van der Waals surface area contributed by atoms with E-state index in [-0.39, 0.29) is 5.41 Å². The molecule has 0 bridgehead atoms. The van der Waals surface area contributed by atoms with Gasteiger partial charge in [-0.05, 0) is 45.2 Å². The molecule has 0 aromatic heterocycles. The van der Waals surface area contributed by atoms with E-state index in [2.05, 4.69) is 60.5 Å². The summed E-state index contributed by atoms with van der Waals surface area (Å²) in [6.07, 6.45) is 1.55. The summed E-state index contributed by atoms with van der Waals surface area (Å²) in [6, 6.07) is 6.20. The van der Waals surface area contributed by atoms with Crippen LogP contribution in [0.1, 0.15) is 31.9 Å². The number of carbonyl (C=O) groups excluding carboxylic acids is 1. The number of rotatable bonds is 2. The van der Waals surface area contributed by atoms with Crippen molar-refractivity contribution in [2.24, 2.45) is 4.99 Å². The Morgan fingerprint density at radius 3 is 2.53 bits per heavy atom. The van der Waals surface area contributed by atoms with Crippen LogP contribution < -0.4 is 0 Å². The second kappa shape index (κ2) is 4.90. The van der Waals surface area contributed by atoms with Gasteiger partial charge in [0.25, 0.3) is 0 Å². The SMILES string of the molecule is CC(C)(C)c1ccc(CN=C=O)cc1I. The molecule has 1 aromatic rings. The van der Waals surface area contributed by atoms with Gasteiger partial charge < -0.3 is 0 Å². The van der Waals surface area contributed by atoms with Gasteiger partial charge in [0.05, 0.1) is 6.54 Å². The summed E-state index contributed by atoms with van der Waals surface area (Å²) >= 11 is 2.32. The first-order chi connectivity index (χ1) is 6.95. The van der Waals surface area contributed by atoms with Crippen molar-refractivity contribution in [3.05, 3.63) is 32.9 Å². The Kier molecular flexibility index (Phi) is 4.05. The number of isocyanates is 1. The highest BCUT2D eigenvalue weighted by Crippen LogP contribution is 2.27. The molecule has 0 aliphatic carbocycles. The molecule has 0 radical (unpaired) electrons. The lowest BCUT2D eigenvalue weighted by atomic mass is 9.87. The Balaban J connectivity index is 3.03. The molecule has 0 saturated carbocycles. The molecule has 0 spiro atoms. The van der Waals surface area contributed by atoms with Gasteiger partial charge in [-0.2, -0.15) is 0 Å². The standard InChI is InChI=1S/C12H14INO/c1-12(2,3)10-5-4-9(6-11(10)13)7-14-8-15/h4-6H,7H2,1-3H3. The largest absolute Gasteiger partial charge is 0.235 e. The van der Waals surface area contributed by atoms with Crippen LogP contribution in [0.4, 0.5) is 0 Å². The molecule has 1 rings (SSSR count). The van der Waals surface area contributed by atoms with Gasteiger partial charge in [0.1, 0.15) is 0 Å². The van der Waals surface area contributed by atoms with Crippen LogP contribution in [0.25, 0.3) is 0 Å². The van der Waals surface area contributed by atoms with Gasteiger partial charge in [-0.15, -0.1) is 0 Å². The van der Waals surface area contributed by atoms with Crippen LogP contribution in [0.2, 0.25) is 0 Å². The summed E-state index contributed by atoms with van der Waals surface area (Å²) in [4.78, 5) is 13.6. The summed E-state index contributed by atoms with van der Waals surface area (Å²) in [7, 11) is 0. The fourth-order valence-electron chi connectivity index (χ4n) is 1.39. The first-order valence-corrected chi connectivity index (χ1v) is 5.85. The quantitative estimate of drug-likeness (QED) is 0.467. The van der Waals surface area contributed by atoms with Crippen molar-refractivity contribution in [1.29, 1.82) is 0 Å². The number of halogens is 1. The van der Waals surface area contributed by atoms with E-state index in [1.165, 1.54) is 9.13 Å². The number of aliphatic imine (C=N–C) groups is 1. The molecule has 0 unspecified atom stereocenters. The Hall–Kier alpha value is -0.670. The predicted octanol–water partition coefficient (Wildman–Crippen LogP) is 3.42. The fourth-order valence-corrected chi connectivity index (χ4v) is 2.78. The van der Waals surface area contributed by atoms with E-state index in [0.29, 0.717) is 6.54 Å². The van der Waals surface area contributed by atoms with Gasteiger partial charge in [0.2, 0.25) is 6.08 Å². The summed E-state index contributed by atoms with van der Waals surface area (Å²) in [5, 5.41) is 0. The summed E-state index contributed by atoms with van der Waals surface area (Å²) in [6.45, 7) is 6.99. The van der Waals surface area contributed by atoms with Crippen molar-refractivity contribution in [2.75, 3.05) is 0 Å². The molecule has 2 nitrogen and oxygen atoms in total. The highest BCUT2D eigenvalue weighted by Gasteiger charge is 2.16. The Bertz CT molecular complexity index is 401. The zero-order valence-electron chi connectivity index (χ0n) is 9.17. The monoisotopic (exact) mass is 315 g/mol. The molecule has 1 aromatic carbocycles. The zero-order valence-corrected chi connectivity index (χ0v) is 11.3. The van der Waals surface area contributed by atoms with Crippen LogP contribution in [-0.2, 0) is 16.8 Å². The normalized spacial score (nSPS) is 10.9. The van der Waals surface area contributed by atoms with Crippen LogP contribution >= 0.6 is 22.6 Å². The predicted molar refractivity (Wildman–Crippen MR) is 69.7 cm³/mol. The van der Waals surface area contributed by atoms with Gasteiger partial charge in [-0.3, -0.25) is 0 Å². The minimum atomic E-state index is 0.156. The maximum atomic E-state index is 10.00. The van der Waals surface area contributed by atoms with Crippen LogP contribution in [0, 0.1) is 3.57 Å². The van der Waals surface area contributed by atoms with E-state index in [9.17, 15) is 4.79 Å². The molecular weight excluding hydrogens is 301 g/mol. The molecule has 0 N–H and O–H groups in total. The van der Waals surface area contributed by atoms with Gasteiger partial charge >= 0.3 is 0 Å². The van der Waals surface area contributed by atoms with Crippen molar-refractivity contribution >= 4 is 28.7 Å². The average molecular weight is 315 g/mol. The number of hydrogen-bond acceptors (Lipinski definition) is 2. The van der Waals surface area contributed by atoms with E-state index >= 15 is 0 Å². The molecule has 3 heteroatoms. The third-order valence-electron chi connectivity index (χ3n) is 2.17. The molecule has 0 saturated heterocycles. The summed E-state index contributed by atoms with van der Waals surface area (Å²) in [5.74, 6) is 0. The van der Waals surface area contributed by atoms with Crippen LogP contribution in [0.5, 0.6) is 0 Å². The van der Waals surface area contributed by atoms with Crippen LogP contribution in [0.3, 0.4) is 0 Å². The highest BCUT2D eigenvalue weighted by molar-refractivity contribution is 14.1. The molecule has 0 heterocycles. The molecular formula is C12H14INO. The van der Waals surface area contributed by atoms with Gasteiger partial charge in [0.15, 0.2) is 0 Å². The first kappa shape index (κ1) is 12.4. The van der Waals surface area contributed by atoms with E-state index in [4.69, 9.17) is 0 Å². The third-order valence-corrected chi connectivity index (χ3v) is 3.06. The van der Waals surface area contributed by atoms with Gasteiger partial charge in [-0.1, -0.05) is 32.9 Å². The second-order valence-electron chi connectivity index (χ2n) is 4.47.